The molecular weight excluding hydrogens is 590 g/mol. The highest BCUT2D eigenvalue weighted by Gasteiger charge is 2.52. The van der Waals surface area contributed by atoms with Gasteiger partial charge in [-0.3, -0.25) is 4.90 Å². The maximum Gasteiger partial charge on any atom is 0.407 e. The number of rotatable bonds is 6. The Morgan fingerprint density at radius 1 is 1.13 bits per heavy atom. The van der Waals surface area contributed by atoms with Crippen molar-refractivity contribution in [2.45, 2.75) is 64.6 Å². The predicted molar refractivity (Wildman–Crippen MR) is 176 cm³/mol. The zero-order valence-corrected chi connectivity index (χ0v) is 27.3. The number of nitrogens with zero attached hydrogens (tertiary/aromatic N) is 7. The molecule has 45 heavy (non-hydrogen) atoms. The van der Waals surface area contributed by atoms with E-state index in [1.807, 2.05) is 32.9 Å². The third-order valence-electron chi connectivity index (χ3n) is 10.1. The monoisotopic (exact) mass is 631 g/mol. The summed E-state index contributed by atoms with van der Waals surface area (Å²) in [6.07, 6.45) is 2.00. The minimum absolute atomic E-state index is 0.0829. The number of likely N-dealkylation sites (N-methyl/N-ethyl adjacent to an activating group) is 1. The van der Waals surface area contributed by atoms with Crippen LogP contribution >= 0.6 is 11.6 Å². The summed E-state index contributed by atoms with van der Waals surface area (Å²) in [5.74, 6) is 0.780. The zero-order chi connectivity index (χ0) is 31.9. The molecular formula is C34H42ClN7O3. The Hall–Kier alpha value is -3.81. The number of likely N-dealkylation sites (tertiary alicyclic amines) is 1. The quantitative estimate of drug-likeness (QED) is 0.360. The number of carbonyl (C=O) groups is 1. The van der Waals surface area contributed by atoms with Gasteiger partial charge in [0.15, 0.2) is 0 Å². The minimum atomic E-state index is -1.00. The second-order valence-electron chi connectivity index (χ2n) is 13.6. The maximum atomic E-state index is 12.5. The fourth-order valence-corrected chi connectivity index (χ4v) is 7.66. The van der Waals surface area contributed by atoms with Gasteiger partial charge in [-0.2, -0.15) is 15.2 Å². The lowest BCUT2D eigenvalue weighted by Gasteiger charge is -2.55. The van der Waals surface area contributed by atoms with Gasteiger partial charge in [-0.25, -0.2) is 4.79 Å². The summed E-state index contributed by atoms with van der Waals surface area (Å²) >= 11 is 6.72. The smallest absolute Gasteiger partial charge is 0.407 e. The molecule has 3 aliphatic rings. The minimum Gasteiger partial charge on any atom is -0.465 e. The summed E-state index contributed by atoms with van der Waals surface area (Å²) in [7, 11) is 2.12. The Morgan fingerprint density at radius 3 is 2.60 bits per heavy atom. The first-order valence-electron chi connectivity index (χ1n) is 15.8. The van der Waals surface area contributed by atoms with Crippen LogP contribution < -0.4 is 14.5 Å². The predicted octanol–water partition coefficient (Wildman–Crippen LogP) is 5.82. The number of benzene rings is 2. The van der Waals surface area contributed by atoms with E-state index in [1.54, 1.807) is 0 Å². The number of fused-ring (bicyclic) bond motifs is 2. The first kappa shape index (κ1) is 31.2. The van der Waals surface area contributed by atoms with E-state index in [-0.39, 0.29) is 13.0 Å². The van der Waals surface area contributed by atoms with Crippen molar-refractivity contribution in [1.82, 2.24) is 19.8 Å². The highest BCUT2D eigenvalue weighted by molar-refractivity contribution is 6.36. The number of aromatic nitrogens is 2. The standard InChI is InChI=1S/C34H42ClN7O3/c1-33(2,3)34(14-15-36)22-41(18-19-42(34)32(43)44)30-25-13-17-40(28-12-6-9-23-8-5-11-26(35)29(23)28)20-27(25)37-31(38-30)45-21-24-10-7-16-39(24)4/h5-6,8-9,11-12,24H,7,10,13-14,16-22H2,1-4H3,(H,43,44)/t24-,34-/m1/s1. The topological polar surface area (TPSA) is 109 Å². The van der Waals surface area contributed by atoms with Gasteiger partial charge in [0.05, 0.1) is 35.3 Å². The van der Waals surface area contributed by atoms with Gasteiger partial charge in [0.25, 0.3) is 0 Å². The van der Waals surface area contributed by atoms with Gasteiger partial charge in [-0.05, 0) is 55.8 Å². The number of anilines is 2. The van der Waals surface area contributed by atoms with Crippen LogP contribution in [0.3, 0.4) is 0 Å². The third-order valence-corrected chi connectivity index (χ3v) is 10.4. The van der Waals surface area contributed by atoms with Crippen LogP contribution in [0, 0.1) is 16.7 Å². The number of hydrogen-bond donors (Lipinski definition) is 1. The molecule has 6 rings (SSSR count). The van der Waals surface area contributed by atoms with Crippen molar-refractivity contribution in [2.75, 3.05) is 56.2 Å². The van der Waals surface area contributed by atoms with Crippen molar-refractivity contribution in [3.63, 3.8) is 0 Å². The summed E-state index contributed by atoms with van der Waals surface area (Å²) in [5.41, 5.74) is 1.59. The lowest BCUT2D eigenvalue weighted by molar-refractivity contribution is -0.00290. The average molecular weight is 632 g/mol. The van der Waals surface area contributed by atoms with E-state index in [9.17, 15) is 15.2 Å². The van der Waals surface area contributed by atoms with Crippen molar-refractivity contribution in [2.24, 2.45) is 5.41 Å². The van der Waals surface area contributed by atoms with Crippen LogP contribution in [0.1, 0.15) is 51.3 Å². The molecule has 0 radical (unpaired) electrons. The van der Waals surface area contributed by atoms with E-state index < -0.39 is 17.0 Å². The number of amides is 1. The summed E-state index contributed by atoms with van der Waals surface area (Å²) < 4.78 is 6.33. The SMILES string of the molecule is CN1CCC[C@@H]1COc1nc2c(c(N3CCN(C(=O)O)[C@@](CC#N)(C(C)(C)C)C3)n1)CCN(c1cccc3cccc(Cl)c13)C2. The van der Waals surface area contributed by atoms with E-state index >= 15 is 0 Å². The molecule has 0 saturated carbocycles. The van der Waals surface area contributed by atoms with Gasteiger partial charge in [0, 0.05) is 48.9 Å². The number of carboxylic acid groups (broad SMARTS) is 1. The van der Waals surface area contributed by atoms with Crippen molar-refractivity contribution < 1.29 is 14.6 Å². The summed E-state index contributed by atoms with van der Waals surface area (Å²) in [6.45, 7) is 10.00. The third kappa shape index (κ3) is 5.72. The molecule has 4 heterocycles. The highest BCUT2D eigenvalue weighted by Crippen LogP contribution is 2.44. The Balaban J connectivity index is 1.40. The molecule has 10 nitrogen and oxygen atoms in total. The van der Waals surface area contributed by atoms with Crippen LogP contribution in [0.2, 0.25) is 5.02 Å². The van der Waals surface area contributed by atoms with Crippen LogP contribution in [-0.2, 0) is 13.0 Å². The molecule has 2 aromatic carbocycles. The number of ether oxygens (including phenoxy) is 1. The molecule has 0 spiro atoms. The largest absolute Gasteiger partial charge is 0.465 e. The molecule has 2 saturated heterocycles. The number of nitriles is 1. The lowest BCUT2D eigenvalue weighted by Crippen LogP contribution is -2.69. The Kier molecular flexibility index (Phi) is 8.44. The molecule has 1 amide bonds. The van der Waals surface area contributed by atoms with E-state index in [1.165, 1.54) is 4.90 Å². The van der Waals surface area contributed by atoms with Crippen LogP contribution in [0.15, 0.2) is 36.4 Å². The van der Waals surface area contributed by atoms with Crippen molar-refractivity contribution in [3.8, 4) is 12.1 Å². The molecule has 0 unspecified atom stereocenters. The second-order valence-corrected chi connectivity index (χ2v) is 14.0. The number of piperazine rings is 1. The number of halogens is 1. The molecule has 2 atom stereocenters. The molecule has 2 fully saturated rings. The van der Waals surface area contributed by atoms with E-state index in [2.05, 4.69) is 52.1 Å². The van der Waals surface area contributed by atoms with Gasteiger partial charge in [0.1, 0.15) is 12.4 Å². The van der Waals surface area contributed by atoms with Gasteiger partial charge in [-0.1, -0.05) is 56.6 Å². The average Bonchev–Trinajstić information content (AvgIpc) is 3.43. The fraction of sp³-hybridized carbons (Fsp3) is 0.529. The van der Waals surface area contributed by atoms with Crippen molar-refractivity contribution in [1.29, 1.82) is 5.26 Å². The van der Waals surface area contributed by atoms with Gasteiger partial charge in [-0.15, -0.1) is 0 Å². The van der Waals surface area contributed by atoms with E-state index in [0.717, 1.165) is 59.5 Å². The molecule has 11 heteroatoms. The molecule has 0 aliphatic carbocycles. The van der Waals surface area contributed by atoms with Crippen molar-refractivity contribution in [3.05, 3.63) is 52.7 Å². The summed E-state index contributed by atoms with van der Waals surface area (Å²) in [4.78, 5) is 30.8. The van der Waals surface area contributed by atoms with Gasteiger partial charge in [0.2, 0.25) is 0 Å². The van der Waals surface area contributed by atoms with Crippen LogP contribution in [0.4, 0.5) is 16.3 Å². The zero-order valence-electron chi connectivity index (χ0n) is 26.6. The van der Waals surface area contributed by atoms with Crippen LogP contribution in [0.5, 0.6) is 6.01 Å². The molecule has 3 aliphatic heterocycles. The summed E-state index contributed by atoms with van der Waals surface area (Å²) in [5, 5.41) is 23.0. The van der Waals surface area contributed by atoms with Crippen molar-refractivity contribution >= 4 is 40.0 Å². The maximum absolute atomic E-state index is 12.5. The highest BCUT2D eigenvalue weighted by atomic mass is 35.5. The molecule has 0 bridgehead atoms. The summed E-state index contributed by atoms with van der Waals surface area (Å²) in [6, 6.07) is 15.2. The van der Waals surface area contributed by atoms with E-state index in [0.29, 0.717) is 49.7 Å². The molecule has 1 aromatic heterocycles. The van der Waals surface area contributed by atoms with Crippen LogP contribution in [-0.4, -0.2) is 88.9 Å². The first-order valence-corrected chi connectivity index (χ1v) is 16.2. The normalized spacial score (nSPS) is 22.4. The van der Waals surface area contributed by atoms with Crippen LogP contribution in [0.25, 0.3) is 10.8 Å². The second kappa shape index (κ2) is 12.2. The molecule has 3 aromatic rings. The molecule has 1 N–H and O–H groups in total. The lowest BCUT2D eigenvalue weighted by atomic mass is 9.69. The van der Waals surface area contributed by atoms with E-state index in [4.69, 9.17) is 26.3 Å². The Morgan fingerprint density at radius 2 is 1.91 bits per heavy atom. The first-order chi connectivity index (χ1) is 21.5. The van der Waals surface area contributed by atoms with Gasteiger partial charge < -0.3 is 24.5 Å². The van der Waals surface area contributed by atoms with Gasteiger partial charge >= 0.3 is 12.1 Å². The number of hydrogen-bond acceptors (Lipinski definition) is 8. The molecule has 238 valence electrons. The Labute approximate surface area is 270 Å². The fourth-order valence-electron chi connectivity index (χ4n) is 7.38. The Bertz CT molecular complexity index is 1630.